The van der Waals surface area contributed by atoms with Gasteiger partial charge in [0.05, 0.1) is 0 Å². The molecule has 0 unspecified atom stereocenters. The molecule has 2 heteroatoms. The molecule has 0 amide bonds. The molecular formula is C20H29O2. The normalized spacial score (nSPS) is 11.4. The first kappa shape index (κ1) is 18.3. The molecule has 1 aromatic rings. The fourth-order valence-corrected chi connectivity index (χ4v) is 1.90. The summed E-state index contributed by atoms with van der Waals surface area (Å²) in [5.74, 6) is 1.55. The van der Waals surface area contributed by atoms with Gasteiger partial charge in [0.25, 0.3) is 0 Å². The summed E-state index contributed by atoms with van der Waals surface area (Å²) >= 11 is 0. The third kappa shape index (κ3) is 9.28. The van der Waals surface area contributed by atoms with Gasteiger partial charge in [0.15, 0.2) is 0 Å². The molecule has 0 spiro atoms. The predicted molar refractivity (Wildman–Crippen MR) is 93.6 cm³/mol. The van der Waals surface area contributed by atoms with Gasteiger partial charge in [0.1, 0.15) is 24.7 Å². The van der Waals surface area contributed by atoms with E-state index >= 15 is 0 Å². The minimum absolute atomic E-state index is 0.584. The van der Waals surface area contributed by atoms with Crippen molar-refractivity contribution in [2.24, 2.45) is 0 Å². The van der Waals surface area contributed by atoms with Crippen LogP contribution in [0.4, 0.5) is 0 Å². The number of rotatable bonds is 12. The van der Waals surface area contributed by atoms with E-state index in [9.17, 15) is 0 Å². The minimum atomic E-state index is 0.584. The van der Waals surface area contributed by atoms with Gasteiger partial charge in [0.2, 0.25) is 0 Å². The molecule has 0 atom stereocenters. The summed E-state index contributed by atoms with van der Waals surface area (Å²) < 4.78 is 11.3. The molecule has 1 radical (unpaired) electrons. The van der Waals surface area contributed by atoms with Gasteiger partial charge in [-0.2, -0.15) is 0 Å². The summed E-state index contributed by atoms with van der Waals surface area (Å²) in [5, 5.41) is 0. The Balaban J connectivity index is 2.26. The molecule has 0 heterocycles. The number of benzene rings is 1. The van der Waals surface area contributed by atoms with Gasteiger partial charge >= 0.3 is 0 Å². The highest BCUT2D eigenvalue weighted by atomic mass is 16.5. The van der Waals surface area contributed by atoms with E-state index < -0.39 is 0 Å². The molecule has 0 aliphatic rings. The monoisotopic (exact) mass is 301 g/mol. The van der Waals surface area contributed by atoms with Gasteiger partial charge in [0, 0.05) is 12.1 Å². The smallest absolute Gasteiger partial charge is 0.131 e. The Morgan fingerprint density at radius 2 is 1.55 bits per heavy atom. The van der Waals surface area contributed by atoms with Crippen LogP contribution in [-0.2, 0) is 0 Å². The van der Waals surface area contributed by atoms with E-state index in [2.05, 4.69) is 44.2 Å². The van der Waals surface area contributed by atoms with Crippen molar-refractivity contribution in [1.29, 1.82) is 0 Å². The average molecular weight is 301 g/mol. The summed E-state index contributed by atoms with van der Waals surface area (Å²) in [4.78, 5) is 0. The zero-order chi connectivity index (χ0) is 15.9. The maximum absolute atomic E-state index is 5.68. The van der Waals surface area contributed by atoms with Crippen molar-refractivity contribution < 1.29 is 9.47 Å². The van der Waals surface area contributed by atoms with Gasteiger partial charge < -0.3 is 9.47 Å². The maximum Gasteiger partial charge on any atom is 0.131 e. The van der Waals surface area contributed by atoms with Crippen LogP contribution in [-0.4, -0.2) is 13.2 Å². The predicted octanol–water partition coefficient (Wildman–Crippen LogP) is 5.74. The van der Waals surface area contributed by atoms with Crippen molar-refractivity contribution in [2.75, 3.05) is 13.2 Å². The first-order valence-corrected chi connectivity index (χ1v) is 8.44. The second-order valence-electron chi connectivity index (χ2n) is 5.24. The van der Waals surface area contributed by atoms with Crippen molar-refractivity contribution in [2.45, 2.75) is 52.4 Å². The molecule has 0 saturated carbocycles. The quantitative estimate of drug-likeness (QED) is 0.362. The fraction of sp³-hybridized carbons (Fsp3) is 0.500. The molecule has 2 nitrogen and oxygen atoms in total. The van der Waals surface area contributed by atoms with Crippen LogP contribution >= 0.6 is 0 Å². The van der Waals surface area contributed by atoms with Crippen LogP contribution in [0.1, 0.15) is 52.4 Å². The summed E-state index contributed by atoms with van der Waals surface area (Å²) in [7, 11) is 0. The van der Waals surface area contributed by atoms with E-state index in [0.29, 0.717) is 13.2 Å². The molecule has 121 valence electrons. The lowest BCUT2D eigenvalue weighted by atomic mass is 10.2. The van der Waals surface area contributed by atoms with Crippen LogP contribution in [0.2, 0.25) is 0 Å². The number of ether oxygens (including phenoxy) is 2. The van der Waals surface area contributed by atoms with Crippen LogP contribution in [0.3, 0.4) is 0 Å². The van der Waals surface area contributed by atoms with Gasteiger partial charge in [-0.05, 0) is 25.0 Å². The van der Waals surface area contributed by atoms with E-state index in [4.69, 9.17) is 9.47 Å². The lowest BCUT2D eigenvalue weighted by Crippen LogP contribution is -1.96. The van der Waals surface area contributed by atoms with Gasteiger partial charge in [-0.1, -0.05) is 63.8 Å². The van der Waals surface area contributed by atoms with Gasteiger partial charge in [-0.3, -0.25) is 0 Å². The summed E-state index contributed by atoms with van der Waals surface area (Å²) in [6, 6.07) is 8.71. The van der Waals surface area contributed by atoms with Crippen LogP contribution in [0.25, 0.3) is 0 Å². The van der Waals surface area contributed by atoms with Crippen LogP contribution < -0.4 is 9.47 Å². The number of allylic oxidation sites excluding steroid dienone is 2. The first-order chi connectivity index (χ1) is 10.9. The molecule has 0 aliphatic heterocycles. The highest BCUT2D eigenvalue weighted by Gasteiger charge is 1.96. The van der Waals surface area contributed by atoms with Crippen molar-refractivity contribution in [3.63, 3.8) is 0 Å². The lowest BCUT2D eigenvalue weighted by molar-refractivity contribution is 0.344. The molecule has 1 rings (SSSR count). The Kier molecular flexibility index (Phi) is 10.8. The molecule has 0 N–H and O–H groups in total. The van der Waals surface area contributed by atoms with Crippen molar-refractivity contribution >= 4 is 0 Å². The molecule has 1 aromatic carbocycles. The molecule has 0 saturated heterocycles. The van der Waals surface area contributed by atoms with Crippen LogP contribution in [0, 0.1) is 6.07 Å². The zero-order valence-corrected chi connectivity index (χ0v) is 14.0. The van der Waals surface area contributed by atoms with Crippen LogP contribution in [0.15, 0.2) is 42.5 Å². The standard InChI is InChI=1S/C20H29O2/c1-3-5-7-9-11-16-21-19-14-13-15-20(18-19)22-17-12-10-8-6-4-2/h9-14,18H,3-8,16-17H2,1-2H3. The van der Waals surface area contributed by atoms with E-state index in [1.165, 1.54) is 25.7 Å². The Morgan fingerprint density at radius 3 is 2.18 bits per heavy atom. The summed E-state index contributed by atoms with van der Waals surface area (Å²) in [6.07, 6.45) is 15.7. The Bertz CT molecular complexity index is 398. The van der Waals surface area contributed by atoms with E-state index in [1.54, 1.807) is 0 Å². The largest absolute Gasteiger partial charge is 0.489 e. The lowest BCUT2D eigenvalue weighted by Gasteiger charge is -2.06. The van der Waals surface area contributed by atoms with E-state index in [1.807, 2.05) is 18.2 Å². The topological polar surface area (TPSA) is 18.5 Å². The molecule has 0 aromatic heterocycles. The summed E-state index contributed by atoms with van der Waals surface area (Å²) in [5.41, 5.74) is 0. The third-order valence-corrected chi connectivity index (χ3v) is 3.21. The summed E-state index contributed by atoms with van der Waals surface area (Å²) in [6.45, 7) is 5.58. The Hall–Kier alpha value is -1.70. The maximum atomic E-state index is 5.68. The molecule has 0 fully saturated rings. The number of unbranched alkanes of at least 4 members (excludes halogenated alkanes) is 4. The number of hydrogen-bond donors (Lipinski definition) is 0. The second kappa shape index (κ2) is 13.0. The zero-order valence-electron chi connectivity index (χ0n) is 14.0. The molecular weight excluding hydrogens is 272 g/mol. The average Bonchev–Trinajstić information content (AvgIpc) is 2.54. The fourth-order valence-electron chi connectivity index (χ4n) is 1.90. The van der Waals surface area contributed by atoms with Crippen molar-refractivity contribution in [3.8, 4) is 11.5 Å². The Labute approximate surface area is 135 Å². The van der Waals surface area contributed by atoms with Crippen molar-refractivity contribution in [1.82, 2.24) is 0 Å². The minimum Gasteiger partial charge on any atom is -0.489 e. The molecule has 0 aliphatic carbocycles. The van der Waals surface area contributed by atoms with Gasteiger partial charge in [-0.25, -0.2) is 0 Å². The number of hydrogen-bond acceptors (Lipinski definition) is 2. The molecule has 22 heavy (non-hydrogen) atoms. The van der Waals surface area contributed by atoms with E-state index in [0.717, 1.165) is 24.3 Å². The first-order valence-electron chi connectivity index (χ1n) is 8.44. The highest BCUT2D eigenvalue weighted by Crippen LogP contribution is 2.18. The third-order valence-electron chi connectivity index (χ3n) is 3.21. The van der Waals surface area contributed by atoms with Crippen LogP contribution in [0.5, 0.6) is 11.5 Å². The van der Waals surface area contributed by atoms with E-state index in [-0.39, 0.29) is 0 Å². The van der Waals surface area contributed by atoms with Crippen molar-refractivity contribution in [3.05, 3.63) is 48.6 Å². The van der Waals surface area contributed by atoms with Gasteiger partial charge in [-0.15, -0.1) is 0 Å². The highest BCUT2D eigenvalue weighted by molar-refractivity contribution is 5.32. The SMILES string of the molecule is CCCCC=CCOc1[c]ccc(OCC=CCCCC)c1. The second-order valence-corrected chi connectivity index (χ2v) is 5.24. The Morgan fingerprint density at radius 1 is 0.909 bits per heavy atom. The molecule has 0 bridgehead atoms.